The van der Waals surface area contributed by atoms with Gasteiger partial charge in [0.05, 0.1) is 11.6 Å². The van der Waals surface area contributed by atoms with E-state index in [-0.39, 0.29) is 5.91 Å². The average Bonchev–Trinajstić information content (AvgIpc) is 2.70. The van der Waals surface area contributed by atoms with E-state index in [1.54, 1.807) is 0 Å². The summed E-state index contributed by atoms with van der Waals surface area (Å²) in [7, 11) is 0. The molecule has 0 aliphatic carbocycles. The van der Waals surface area contributed by atoms with Crippen molar-refractivity contribution < 1.29 is 4.79 Å². The summed E-state index contributed by atoms with van der Waals surface area (Å²) in [6, 6.07) is 13.4. The summed E-state index contributed by atoms with van der Waals surface area (Å²) in [5.74, 6) is -0.197. The van der Waals surface area contributed by atoms with Crippen molar-refractivity contribution >= 4 is 11.9 Å². The van der Waals surface area contributed by atoms with Crippen LogP contribution in [0.5, 0.6) is 0 Å². The van der Waals surface area contributed by atoms with E-state index >= 15 is 0 Å². The zero-order valence-electron chi connectivity index (χ0n) is 17.5. The number of piperidine rings is 2. The Morgan fingerprint density at radius 3 is 2.45 bits per heavy atom. The fourth-order valence-electron chi connectivity index (χ4n) is 5.21. The van der Waals surface area contributed by atoms with Crippen molar-refractivity contribution in [2.45, 2.75) is 70.1 Å². The average molecular weight is 394 g/mol. The van der Waals surface area contributed by atoms with Gasteiger partial charge >= 0.3 is 0 Å². The molecule has 2 fully saturated rings. The minimum atomic E-state index is -0.708. The zero-order valence-corrected chi connectivity index (χ0v) is 17.5. The number of benzene rings is 1. The van der Waals surface area contributed by atoms with Gasteiger partial charge in [0.15, 0.2) is 5.92 Å². The summed E-state index contributed by atoms with van der Waals surface area (Å²) in [6.07, 6.45) is 4.91. The zero-order chi connectivity index (χ0) is 20.4. The van der Waals surface area contributed by atoms with Crippen LogP contribution >= 0.6 is 0 Å². The Labute approximate surface area is 173 Å². The smallest absolute Gasteiger partial charge is 0.246 e. The van der Waals surface area contributed by atoms with E-state index in [1.807, 2.05) is 6.07 Å². The van der Waals surface area contributed by atoms with Gasteiger partial charge in [-0.3, -0.25) is 15.0 Å². The van der Waals surface area contributed by atoms with Crippen molar-refractivity contribution in [2.75, 3.05) is 13.1 Å². The van der Waals surface area contributed by atoms with Crippen LogP contribution in [0.3, 0.4) is 0 Å². The minimum Gasteiger partial charge on any atom is -0.337 e. The predicted molar refractivity (Wildman–Crippen MR) is 113 cm³/mol. The number of hydrogen-bond donors (Lipinski definition) is 1. The highest BCUT2D eigenvalue weighted by Gasteiger charge is 2.50. The second kappa shape index (κ2) is 8.16. The van der Waals surface area contributed by atoms with Gasteiger partial charge < -0.3 is 4.90 Å². The van der Waals surface area contributed by atoms with E-state index in [2.05, 4.69) is 59.3 Å². The summed E-state index contributed by atoms with van der Waals surface area (Å²) >= 11 is 0. The fourth-order valence-corrected chi connectivity index (χ4v) is 5.21. The first-order valence-electron chi connectivity index (χ1n) is 10.9. The number of likely N-dealkylation sites (tertiary alicyclic amines) is 2. The molecule has 29 heavy (non-hydrogen) atoms. The van der Waals surface area contributed by atoms with E-state index in [1.165, 1.54) is 12.0 Å². The minimum absolute atomic E-state index is 0.181. The molecule has 0 aromatic heterocycles. The van der Waals surface area contributed by atoms with Crippen LogP contribution < -0.4 is 5.32 Å². The molecular formula is C23H31N5O. The van der Waals surface area contributed by atoms with Crippen LogP contribution in [0.1, 0.15) is 51.5 Å². The highest BCUT2D eigenvalue weighted by Crippen LogP contribution is 2.37. The number of guanidine groups is 1. The Hall–Kier alpha value is -2.39. The summed E-state index contributed by atoms with van der Waals surface area (Å²) in [6.45, 7) is 7.01. The molecule has 3 heterocycles. The summed E-state index contributed by atoms with van der Waals surface area (Å²) in [4.78, 5) is 22.7. The van der Waals surface area contributed by atoms with E-state index in [0.717, 1.165) is 45.3 Å². The fraction of sp³-hybridized carbons (Fsp3) is 0.609. The molecule has 4 rings (SSSR count). The van der Waals surface area contributed by atoms with Crippen molar-refractivity contribution in [3.63, 3.8) is 0 Å². The lowest BCUT2D eigenvalue weighted by atomic mass is 9.75. The Balaban J connectivity index is 1.55. The molecular weight excluding hydrogens is 362 g/mol. The second-order valence-electron chi connectivity index (χ2n) is 8.89. The van der Waals surface area contributed by atoms with Gasteiger partial charge in [-0.05, 0) is 51.5 Å². The van der Waals surface area contributed by atoms with Crippen molar-refractivity contribution in [3.8, 4) is 6.07 Å². The van der Waals surface area contributed by atoms with Crippen molar-refractivity contribution in [2.24, 2.45) is 10.9 Å². The molecule has 6 heteroatoms. The maximum atomic E-state index is 12.9. The number of amides is 1. The van der Waals surface area contributed by atoms with Gasteiger partial charge in [-0.2, -0.15) is 5.26 Å². The summed E-state index contributed by atoms with van der Waals surface area (Å²) < 4.78 is 0. The summed E-state index contributed by atoms with van der Waals surface area (Å²) in [5.41, 5.74) is 0.693. The van der Waals surface area contributed by atoms with Gasteiger partial charge in [-0.25, -0.2) is 4.99 Å². The number of nitriles is 1. The van der Waals surface area contributed by atoms with Crippen LogP contribution in [-0.4, -0.2) is 52.4 Å². The number of aliphatic imine (C=N–C) groups is 1. The standard InChI is InChI=1S/C23H31N5O/c1-17-7-6-8-18(2)28(17)22-25-21(29)20(15-24)23(26-22)11-13-27(14-12-23)16-19-9-4-3-5-10-19/h3-5,9-10,17-18,20H,6-8,11-14,16H2,1-2H3,(H,25,26,29)/t17-,18-,20+/m0/s1. The van der Waals surface area contributed by atoms with Crippen molar-refractivity contribution in [3.05, 3.63) is 35.9 Å². The molecule has 1 aromatic rings. The third-order valence-electron chi connectivity index (χ3n) is 6.90. The van der Waals surface area contributed by atoms with Gasteiger partial charge in [0, 0.05) is 31.7 Å². The van der Waals surface area contributed by atoms with Crippen LogP contribution in [0.2, 0.25) is 0 Å². The molecule has 0 saturated carbocycles. The lowest BCUT2D eigenvalue weighted by Gasteiger charge is -2.47. The van der Waals surface area contributed by atoms with E-state index in [4.69, 9.17) is 4.99 Å². The van der Waals surface area contributed by atoms with Crippen LogP contribution in [-0.2, 0) is 11.3 Å². The number of nitrogens with one attached hydrogen (secondary N) is 1. The third-order valence-corrected chi connectivity index (χ3v) is 6.90. The molecule has 0 bridgehead atoms. The second-order valence-corrected chi connectivity index (χ2v) is 8.89. The van der Waals surface area contributed by atoms with Crippen LogP contribution in [0.25, 0.3) is 0 Å². The van der Waals surface area contributed by atoms with E-state index in [9.17, 15) is 10.1 Å². The summed E-state index contributed by atoms with van der Waals surface area (Å²) in [5, 5.41) is 12.7. The largest absolute Gasteiger partial charge is 0.337 e. The molecule has 1 aromatic carbocycles. The van der Waals surface area contributed by atoms with Gasteiger partial charge in [0.25, 0.3) is 0 Å². The molecule has 3 atom stereocenters. The molecule has 154 valence electrons. The lowest BCUT2D eigenvalue weighted by Crippen LogP contribution is -2.62. The number of carbonyl (C=O) groups excluding carboxylic acids is 1. The van der Waals surface area contributed by atoms with Gasteiger partial charge in [0.1, 0.15) is 0 Å². The van der Waals surface area contributed by atoms with Gasteiger partial charge in [-0.15, -0.1) is 0 Å². The molecule has 3 aliphatic rings. The molecule has 1 amide bonds. The predicted octanol–water partition coefficient (Wildman–Crippen LogP) is 2.91. The monoisotopic (exact) mass is 393 g/mol. The topological polar surface area (TPSA) is 71.7 Å². The van der Waals surface area contributed by atoms with Crippen LogP contribution in [0.15, 0.2) is 35.3 Å². The molecule has 1 N–H and O–H groups in total. The van der Waals surface area contributed by atoms with Crippen LogP contribution in [0, 0.1) is 17.2 Å². The van der Waals surface area contributed by atoms with E-state index < -0.39 is 11.5 Å². The quantitative estimate of drug-likeness (QED) is 0.839. The molecule has 0 radical (unpaired) electrons. The maximum Gasteiger partial charge on any atom is 0.246 e. The number of hydrogen-bond acceptors (Lipinski definition) is 5. The SMILES string of the molecule is C[C@H]1CCC[C@H](C)N1C1=NC2(CCN(Cc3ccccc3)CC2)[C@H](C#N)C(=O)N1. The maximum absolute atomic E-state index is 12.9. The number of carbonyl (C=O) groups is 1. The first kappa shape index (κ1) is 19.9. The van der Waals surface area contributed by atoms with E-state index in [0.29, 0.717) is 18.0 Å². The Bertz CT molecular complexity index is 796. The molecule has 0 unspecified atom stereocenters. The van der Waals surface area contributed by atoms with Crippen LogP contribution in [0.4, 0.5) is 0 Å². The highest BCUT2D eigenvalue weighted by molar-refractivity contribution is 6.02. The number of rotatable bonds is 2. The normalized spacial score (nSPS) is 29.8. The molecule has 6 nitrogen and oxygen atoms in total. The van der Waals surface area contributed by atoms with Crippen molar-refractivity contribution in [1.29, 1.82) is 5.26 Å². The van der Waals surface area contributed by atoms with Crippen molar-refractivity contribution in [1.82, 2.24) is 15.1 Å². The molecule has 1 spiro atoms. The third kappa shape index (κ3) is 3.89. The Morgan fingerprint density at radius 2 is 1.83 bits per heavy atom. The highest BCUT2D eigenvalue weighted by atomic mass is 16.2. The molecule has 3 aliphatic heterocycles. The molecule has 2 saturated heterocycles. The number of nitrogens with zero attached hydrogens (tertiary/aromatic N) is 4. The first-order valence-corrected chi connectivity index (χ1v) is 10.9. The van der Waals surface area contributed by atoms with Gasteiger partial charge in [-0.1, -0.05) is 30.3 Å². The first-order chi connectivity index (χ1) is 14.0. The Kier molecular flexibility index (Phi) is 5.60. The van der Waals surface area contributed by atoms with Gasteiger partial charge in [0.2, 0.25) is 11.9 Å². The lowest BCUT2D eigenvalue weighted by molar-refractivity contribution is -0.125. The Morgan fingerprint density at radius 1 is 1.17 bits per heavy atom.